The van der Waals surface area contributed by atoms with Gasteiger partial charge in [-0.1, -0.05) is 0 Å². The van der Waals surface area contributed by atoms with Gasteiger partial charge >= 0.3 is 0 Å². The highest BCUT2D eigenvalue weighted by Gasteiger charge is 2.18. The van der Waals surface area contributed by atoms with Gasteiger partial charge in [-0.2, -0.15) is 0 Å². The number of rotatable bonds is 4. The van der Waals surface area contributed by atoms with Gasteiger partial charge in [0.15, 0.2) is 0 Å². The molecular formula is C11H14F2N4O. The summed E-state index contributed by atoms with van der Waals surface area (Å²) >= 11 is 0. The van der Waals surface area contributed by atoms with Crippen LogP contribution in [-0.2, 0) is 0 Å². The number of halogens is 2. The first kappa shape index (κ1) is 12.8. The topological polar surface area (TPSA) is 66.9 Å². The molecular weight excluding hydrogens is 242 g/mol. The van der Waals surface area contributed by atoms with Crippen molar-refractivity contribution < 1.29 is 13.6 Å². The van der Waals surface area contributed by atoms with E-state index in [4.69, 9.17) is 0 Å². The lowest BCUT2D eigenvalue weighted by atomic mass is 10.2. The number of carbonyl (C=O) groups excluding carboxylic acids is 1. The van der Waals surface area contributed by atoms with Crippen molar-refractivity contribution in [2.24, 2.45) is 0 Å². The molecule has 1 aliphatic rings. The lowest BCUT2D eigenvalue weighted by Gasteiger charge is -2.09. The highest BCUT2D eigenvalue weighted by Crippen LogP contribution is 2.20. The summed E-state index contributed by atoms with van der Waals surface area (Å²) in [5.74, 6) is -0.631. The second kappa shape index (κ2) is 5.81. The van der Waals surface area contributed by atoms with Crippen molar-refractivity contribution in [1.82, 2.24) is 20.6 Å². The highest BCUT2D eigenvalue weighted by molar-refractivity contribution is 5.91. The van der Waals surface area contributed by atoms with Crippen molar-refractivity contribution in [2.75, 3.05) is 13.1 Å². The van der Waals surface area contributed by atoms with Crippen LogP contribution in [0.4, 0.5) is 8.78 Å². The van der Waals surface area contributed by atoms with Crippen LogP contribution in [0.3, 0.4) is 0 Å². The molecule has 98 valence electrons. The highest BCUT2D eigenvalue weighted by atomic mass is 19.3. The Morgan fingerprint density at radius 2 is 2.33 bits per heavy atom. The first-order valence-electron chi connectivity index (χ1n) is 5.78. The minimum absolute atomic E-state index is 0.0531. The molecule has 7 heteroatoms. The van der Waals surface area contributed by atoms with Crippen molar-refractivity contribution in [2.45, 2.75) is 25.3 Å². The molecule has 0 aliphatic carbocycles. The lowest BCUT2D eigenvalue weighted by molar-refractivity contribution is 0.0886. The number of amides is 1. The number of alkyl halides is 2. The molecule has 1 amide bonds. The minimum Gasteiger partial charge on any atom is -0.345 e. The van der Waals surface area contributed by atoms with E-state index in [1.165, 1.54) is 12.4 Å². The van der Waals surface area contributed by atoms with Crippen molar-refractivity contribution in [3.8, 4) is 0 Å². The first-order valence-corrected chi connectivity index (χ1v) is 5.78. The standard InChI is InChI=1S/C11H14F2N4O/c12-10(13)6-17-11(18)9-5-15-8(4-16-9)7-2-1-3-14-7/h4-5,7,10,14H,1-3,6H2,(H,17,18)/t7-/m1/s1. The van der Waals surface area contributed by atoms with Gasteiger partial charge in [-0.05, 0) is 19.4 Å². The van der Waals surface area contributed by atoms with Crippen LogP contribution in [0.25, 0.3) is 0 Å². The summed E-state index contributed by atoms with van der Waals surface area (Å²) < 4.78 is 23.8. The van der Waals surface area contributed by atoms with Gasteiger partial charge < -0.3 is 10.6 Å². The van der Waals surface area contributed by atoms with E-state index in [2.05, 4.69) is 20.6 Å². The number of nitrogens with zero attached hydrogens (tertiary/aromatic N) is 2. The van der Waals surface area contributed by atoms with Crippen LogP contribution in [0.1, 0.15) is 35.1 Å². The third-order valence-corrected chi connectivity index (χ3v) is 2.74. The third kappa shape index (κ3) is 3.19. The Morgan fingerprint density at radius 3 is 2.89 bits per heavy atom. The molecule has 18 heavy (non-hydrogen) atoms. The summed E-state index contributed by atoms with van der Waals surface area (Å²) in [5.41, 5.74) is 0.829. The molecule has 1 atom stereocenters. The molecule has 1 fully saturated rings. The predicted molar refractivity (Wildman–Crippen MR) is 60.3 cm³/mol. The number of hydrogen-bond donors (Lipinski definition) is 2. The second-order valence-corrected chi connectivity index (χ2v) is 4.08. The van der Waals surface area contributed by atoms with Gasteiger partial charge in [-0.3, -0.25) is 9.78 Å². The van der Waals surface area contributed by atoms with E-state index in [1.807, 2.05) is 0 Å². The van der Waals surface area contributed by atoms with E-state index in [9.17, 15) is 13.6 Å². The van der Waals surface area contributed by atoms with Crippen LogP contribution in [0.5, 0.6) is 0 Å². The maximum Gasteiger partial charge on any atom is 0.271 e. The SMILES string of the molecule is O=C(NCC(F)F)c1cnc([C@H]2CCCN2)cn1. The summed E-state index contributed by atoms with van der Waals surface area (Å²) in [6.07, 6.45) is 2.34. The van der Waals surface area contributed by atoms with Crippen LogP contribution in [-0.4, -0.2) is 35.4 Å². The van der Waals surface area contributed by atoms with Gasteiger partial charge in [0.25, 0.3) is 12.3 Å². The zero-order valence-electron chi connectivity index (χ0n) is 9.70. The molecule has 2 rings (SSSR count). The van der Waals surface area contributed by atoms with Crippen LogP contribution in [0, 0.1) is 0 Å². The molecule has 1 saturated heterocycles. The maximum absolute atomic E-state index is 11.9. The Hall–Kier alpha value is -1.63. The van der Waals surface area contributed by atoms with Crippen molar-refractivity contribution >= 4 is 5.91 Å². The predicted octanol–water partition coefficient (Wildman–Crippen LogP) is 0.896. The maximum atomic E-state index is 11.9. The number of hydrogen-bond acceptors (Lipinski definition) is 4. The fraction of sp³-hybridized carbons (Fsp3) is 0.545. The molecule has 0 spiro atoms. The Kier molecular flexibility index (Phi) is 4.14. The van der Waals surface area contributed by atoms with Gasteiger partial charge in [0, 0.05) is 0 Å². The van der Waals surface area contributed by atoms with Crippen molar-refractivity contribution in [1.29, 1.82) is 0 Å². The van der Waals surface area contributed by atoms with Gasteiger partial charge in [0.1, 0.15) is 5.69 Å². The van der Waals surface area contributed by atoms with E-state index >= 15 is 0 Å². The largest absolute Gasteiger partial charge is 0.345 e. The second-order valence-electron chi connectivity index (χ2n) is 4.08. The molecule has 0 saturated carbocycles. The van der Waals surface area contributed by atoms with Crippen LogP contribution in [0.2, 0.25) is 0 Å². The average Bonchev–Trinajstić information content (AvgIpc) is 2.90. The summed E-state index contributed by atoms with van der Waals surface area (Å²) in [4.78, 5) is 19.5. The molecule has 2 heterocycles. The zero-order valence-corrected chi connectivity index (χ0v) is 9.70. The number of carbonyl (C=O) groups is 1. The minimum atomic E-state index is -2.57. The van der Waals surface area contributed by atoms with Gasteiger partial charge in [-0.15, -0.1) is 0 Å². The Labute approximate surface area is 103 Å². The Morgan fingerprint density at radius 1 is 1.50 bits per heavy atom. The monoisotopic (exact) mass is 256 g/mol. The Bertz CT molecular complexity index is 404. The summed E-state index contributed by atoms with van der Waals surface area (Å²) in [6.45, 7) is 0.273. The van der Waals surface area contributed by atoms with Crippen molar-refractivity contribution in [3.05, 3.63) is 23.8 Å². The lowest BCUT2D eigenvalue weighted by Crippen LogP contribution is -2.29. The van der Waals surface area contributed by atoms with E-state index < -0.39 is 18.9 Å². The van der Waals surface area contributed by atoms with E-state index in [0.29, 0.717) is 0 Å². The van der Waals surface area contributed by atoms with Gasteiger partial charge in [0.05, 0.1) is 30.7 Å². The normalized spacial score (nSPS) is 19.2. The molecule has 0 bridgehead atoms. The average molecular weight is 256 g/mol. The number of aromatic nitrogens is 2. The smallest absolute Gasteiger partial charge is 0.271 e. The summed E-state index contributed by atoms with van der Waals surface area (Å²) in [6, 6.07) is 0.177. The Balaban J connectivity index is 1.96. The molecule has 2 N–H and O–H groups in total. The summed E-state index contributed by atoms with van der Waals surface area (Å²) in [5, 5.41) is 5.34. The third-order valence-electron chi connectivity index (χ3n) is 2.74. The van der Waals surface area contributed by atoms with E-state index in [1.54, 1.807) is 0 Å². The quantitative estimate of drug-likeness (QED) is 0.839. The zero-order chi connectivity index (χ0) is 13.0. The van der Waals surface area contributed by atoms with Crippen LogP contribution < -0.4 is 10.6 Å². The van der Waals surface area contributed by atoms with Crippen LogP contribution in [0.15, 0.2) is 12.4 Å². The number of nitrogens with one attached hydrogen (secondary N) is 2. The molecule has 5 nitrogen and oxygen atoms in total. The van der Waals surface area contributed by atoms with Crippen LogP contribution >= 0.6 is 0 Å². The molecule has 1 aliphatic heterocycles. The van der Waals surface area contributed by atoms with Gasteiger partial charge in [0.2, 0.25) is 0 Å². The van der Waals surface area contributed by atoms with Crippen molar-refractivity contribution in [3.63, 3.8) is 0 Å². The molecule has 0 aromatic carbocycles. The van der Waals surface area contributed by atoms with E-state index in [0.717, 1.165) is 25.1 Å². The fourth-order valence-corrected chi connectivity index (χ4v) is 1.83. The summed E-state index contributed by atoms with van der Waals surface area (Å²) in [7, 11) is 0. The molecule has 0 unspecified atom stereocenters. The molecule has 1 aromatic heterocycles. The molecule has 1 aromatic rings. The molecule has 0 radical (unpaired) electrons. The van der Waals surface area contributed by atoms with Gasteiger partial charge in [-0.25, -0.2) is 13.8 Å². The van der Waals surface area contributed by atoms with E-state index in [-0.39, 0.29) is 11.7 Å². The fourth-order valence-electron chi connectivity index (χ4n) is 1.83. The first-order chi connectivity index (χ1) is 8.66.